The van der Waals surface area contributed by atoms with Crippen molar-refractivity contribution in [1.82, 2.24) is 19.8 Å². The van der Waals surface area contributed by atoms with Crippen molar-refractivity contribution in [3.05, 3.63) is 52.6 Å². The standard InChI is InChI=1S/C22H26ClN5O3/c1-15-19(22(30)26-18-4-2-17(23)3-5-18)12-24-21(25-15)16-6-7-28(13-16)20(29)14-27-8-10-31-11-9-27/h2-5,12,16H,6-11,13-14H2,1H3,(H,26,30)/t16-/m1/s1. The lowest BCUT2D eigenvalue weighted by Gasteiger charge is -2.28. The van der Waals surface area contributed by atoms with E-state index < -0.39 is 0 Å². The highest BCUT2D eigenvalue weighted by Gasteiger charge is 2.30. The van der Waals surface area contributed by atoms with Gasteiger partial charge in [0.15, 0.2) is 0 Å². The molecule has 1 aromatic heterocycles. The predicted molar refractivity (Wildman–Crippen MR) is 117 cm³/mol. The Morgan fingerprint density at radius 3 is 2.65 bits per heavy atom. The van der Waals surface area contributed by atoms with Crippen LogP contribution in [0.5, 0.6) is 0 Å². The average Bonchev–Trinajstić information content (AvgIpc) is 3.26. The number of ether oxygens (including phenoxy) is 1. The first-order valence-electron chi connectivity index (χ1n) is 10.5. The second-order valence-electron chi connectivity index (χ2n) is 7.90. The van der Waals surface area contributed by atoms with Gasteiger partial charge in [0.1, 0.15) is 5.82 Å². The number of nitrogens with zero attached hydrogens (tertiary/aromatic N) is 4. The van der Waals surface area contributed by atoms with Crippen LogP contribution < -0.4 is 5.32 Å². The summed E-state index contributed by atoms with van der Waals surface area (Å²) in [5.41, 5.74) is 1.70. The number of hydrogen-bond acceptors (Lipinski definition) is 6. The molecule has 2 fully saturated rings. The number of anilines is 1. The minimum Gasteiger partial charge on any atom is -0.379 e. The van der Waals surface area contributed by atoms with Crippen LogP contribution >= 0.6 is 11.6 Å². The van der Waals surface area contributed by atoms with Gasteiger partial charge in [0.25, 0.3) is 5.91 Å². The van der Waals surface area contributed by atoms with Gasteiger partial charge in [-0.2, -0.15) is 0 Å². The second kappa shape index (κ2) is 9.72. The van der Waals surface area contributed by atoms with Crippen molar-refractivity contribution in [3.8, 4) is 0 Å². The van der Waals surface area contributed by atoms with Crippen molar-refractivity contribution in [2.24, 2.45) is 0 Å². The largest absolute Gasteiger partial charge is 0.379 e. The lowest BCUT2D eigenvalue weighted by atomic mass is 10.1. The van der Waals surface area contributed by atoms with Gasteiger partial charge in [0.05, 0.1) is 31.0 Å². The van der Waals surface area contributed by atoms with Crippen LogP contribution in [0.25, 0.3) is 0 Å². The van der Waals surface area contributed by atoms with E-state index in [-0.39, 0.29) is 17.7 Å². The fourth-order valence-corrected chi connectivity index (χ4v) is 4.01. The summed E-state index contributed by atoms with van der Waals surface area (Å²) in [6, 6.07) is 6.92. The van der Waals surface area contributed by atoms with E-state index in [1.165, 1.54) is 0 Å². The normalized spacial score (nSPS) is 19.4. The summed E-state index contributed by atoms with van der Waals surface area (Å²) in [4.78, 5) is 38.3. The molecule has 8 nitrogen and oxygen atoms in total. The smallest absolute Gasteiger partial charge is 0.259 e. The van der Waals surface area contributed by atoms with Crippen molar-refractivity contribution in [2.45, 2.75) is 19.3 Å². The predicted octanol–water partition coefficient (Wildman–Crippen LogP) is 2.34. The van der Waals surface area contributed by atoms with Crippen molar-refractivity contribution in [2.75, 3.05) is 51.3 Å². The molecule has 4 rings (SSSR count). The summed E-state index contributed by atoms with van der Waals surface area (Å²) < 4.78 is 5.34. The van der Waals surface area contributed by atoms with Crippen LogP contribution in [0.3, 0.4) is 0 Å². The Morgan fingerprint density at radius 1 is 1.19 bits per heavy atom. The molecule has 0 spiro atoms. The number of hydrogen-bond donors (Lipinski definition) is 1. The summed E-state index contributed by atoms with van der Waals surface area (Å²) >= 11 is 5.88. The number of carbonyl (C=O) groups excluding carboxylic acids is 2. The first kappa shape index (κ1) is 21.7. The van der Waals surface area contributed by atoms with E-state index in [9.17, 15) is 9.59 Å². The molecular formula is C22H26ClN5O3. The SMILES string of the molecule is Cc1nc([C@@H]2CCN(C(=O)CN3CCOCC3)C2)ncc1C(=O)Nc1ccc(Cl)cc1. The minimum atomic E-state index is -0.264. The maximum atomic E-state index is 12.6. The minimum absolute atomic E-state index is 0.0840. The van der Waals surface area contributed by atoms with E-state index in [1.54, 1.807) is 37.4 Å². The molecule has 9 heteroatoms. The van der Waals surface area contributed by atoms with Crippen LogP contribution in [0.1, 0.15) is 34.2 Å². The molecule has 2 saturated heterocycles. The molecule has 1 N–H and O–H groups in total. The number of likely N-dealkylation sites (tertiary alicyclic amines) is 1. The van der Waals surface area contributed by atoms with Crippen molar-refractivity contribution in [1.29, 1.82) is 0 Å². The van der Waals surface area contributed by atoms with Crippen molar-refractivity contribution < 1.29 is 14.3 Å². The number of carbonyl (C=O) groups is 2. The molecule has 0 aliphatic carbocycles. The molecule has 31 heavy (non-hydrogen) atoms. The number of aromatic nitrogens is 2. The van der Waals surface area contributed by atoms with Crippen LogP contribution in [0.4, 0.5) is 5.69 Å². The van der Waals surface area contributed by atoms with Crippen molar-refractivity contribution in [3.63, 3.8) is 0 Å². The molecule has 0 saturated carbocycles. The first-order chi connectivity index (χ1) is 15.0. The number of nitrogens with one attached hydrogen (secondary N) is 1. The summed E-state index contributed by atoms with van der Waals surface area (Å²) in [5, 5.41) is 3.44. The van der Waals surface area contributed by atoms with Gasteiger partial charge in [-0.25, -0.2) is 9.97 Å². The fraction of sp³-hybridized carbons (Fsp3) is 0.455. The molecule has 0 unspecified atom stereocenters. The van der Waals surface area contributed by atoms with Crippen LogP contribution in [-0.4, -0.2) is 77.5 Å². The molecule has 2 aromatic rings. The monoisotopic (exact) mass is 443 g/mol. The second-order valence-corrected chi connectivity index (χ2v) is 8.34. The molecule has 2 amide bonds. The third-order valence-corrected chi connectivity index (χ3v) is 5.97. The number of amides is 2. The number of morpholine rings is 1. The number of halogens is 1. The Hall–Kier alpha value is -2.55. The van der Waals surface area contributed by atoms with Crippen LogP contribution in [0.2, 0.25) is 5.02 Å². The quantitative estimate of drug-likeness (QED) is 0.763. The maximum absolute atomic E-state index is 12.6. The fourth-order valence-electron chi connectivity index (χ4n) is 3.88. The van der Waals surface area contributed by atoms with Gasteiger partial charge in [-0.1, -0.05) is 11.6 Å². The summed E-state index contributed by atoms with van der Waals surface area (Å²) in [5.74, 6) is 0.642. The Bertz CT molecular complexity index is 947. The molecule has 164 valence electrons. The molecule has 0 bridgehead atoms. The molecular weight excluding hydrogens is 418 g/mol. The summed E-state index contributed by atoms with van der Waals surface area (Å²) in [6.45, 7) is 6.50. The Labute approximate surface area is 186 Å². The average molecular weight is 444 g/mol. The van der Waals surface area contributed by atoms with E-state index in [4.69, 9.17) is 16.3 Å². The van der Waals surface area contributed by atoms with Crippen LogP contribution in [-0.2, 0) is 9.53 Å². The number of benzene rings is 1. The number of aryl methyl sites for hydroxylation is 1. The summed E-state index contributed by atoms with van der Waals surface area (Å²) in [6.07, 6.45) is 2.39. The number of rotatable bonds is 5. The van der Waals surface area contributed by atoms with E-state index in [1.807, 2.05) is 4.90 Å². The van der Waals surface area contributed by atoms with Crippen LogP contribution in [0, 0.1) is 6.92 Å². The highest BCUT2D eigenvalue weighted by molar-refractivity contribution is 6.30. The van der Waals surface area contributed by atoms with Crippen LogP contribution in [0.15, 0.2) is 30.5 Å². The first-order valence-corrected chi connectivity index (χ1v) is 10.9. The Morgan fingerprint density at radius 2 is 1.94 bits per heavy atom. The van der Waals surface area contributed by atoms with Gasteiger partial charge in [-0.15, -0.1) is 0 Å². The highest BCUT2D eigenvalue weighted by Crippen LogP contribution is 2.25. The van der Waals surface area contributed by atoms with Gasteiger partial charge in [0.2, 0.25) is 5.91 Å². The van der Waals surface area contributed by atoms with E-state index in [0.717, 1.165) is 19.5 Å². The zero-order valence-electron chi connectivity index (χ0n) is 17.5. The van der Waals surface area contributed by atoms with Crippen molar-refractivity contribution >= 4 is 29.1 Å². The van der Waals surface area contributed by atoms with Gasteiger partial charge in [-0.3, -0.25) is 14.5 Å². The molecule has 1 atom stereocenters. The van der Waals surface area contributed by atoms with E-state index in [2.05, 4.69) is 20.2 Å². The topological polar surface area (TPSA) is 87.7 Å². The maximum Gasteiger partial charge on any atom is 0.259 e. The molecule has 0 radical (unpaired) electrons. The molecule has 2 aliphatic heterocycles. The third kappa shape index (κ3) is 5.39. The van der Waals surface area contributed by atoms with Gasteiger partial charge < -0.3 is 15.0 Å². The van der Waals surface area contributed by atoms with E-state index >= 15 is 0 Å². The lowest BCUT2D eigenvalue weighted by molar-refractivity contribution is -0.132. The van der Waals surface area contributed by atoms with Gasteiger partial charge in [-0.05, 0) is 37.6 Å². The Kier molecular flexibility index (Phi) is 6.80. The Balaban J connectivity index is 1.36. The third-order valence-electron chi connectivity index (χ3n) is 5.71. The molecule has 3 heterocycles. The zero-order valence-corrected chi connectivity index (χ0v) is 18.3. The lowest BCUT2D eigenvalue weighted by Crippen LogP contribution is -2.44. The van der Waals surface area contributed by atoms with Gasteiger partial charge >= 0.3 is 0 Å². The highest BCUT2D eigenvalue weighted by atomic mass is 35.5. The van der Waals surface area contributed by atoms with Gasteiger partial charge in [0, 0.05) is 49.0 Å². The summed E-state index contributed by atoms with van der Waals surface area (Å²) in [7, 11) is 0. The zero-order chi connectivity index (χ0) is 21.8. The molecule has 2 aliphatic rings. The van der Waals surface area contributed by atoms with E-state index in [0.29, 0.717) is 60.6 Å². The molecule has 1 aromatic carbocycles.